The zero-order chi connectivity index (χ0) is 11.0. The zero-order valence-electron chi connectivity index (χ0n) is 8.73. The molecule has 0 bridgehead atoms. The minimum absolute atomic E-state index is 0.552. The molecule has 1 N–H and O–H groups in total. The number of nitrogens with zero attached hydrogens (tertiary/aromatic N) is 2. The third kappa shape index (κ3) is 1.68. The summed E-state index contributed by atoms with van der Waals surface area (Å²) < 4.78 is 3.35. The van der Waals surface area contributed by atoms with Crippen LogP contribution in [-0.2, 0) is 0 Å². The molecule has 82 valence electrons. The normalized spacial score (nSPS) is 16.1. The van der Waals surface area contributed by atoms with Gasteiger partial charge in [-0.1, -0.05) is 28.1 Å². The predicted octanol–water partition coefficient (Wildman–Crippen LogP) is 2.46. The lowest BCUT2D eigenvalue weighted by Crippen LogP contribution is -2.43. The summed E-state index contributed by atoms with van der Waals surface area (Å²) in [5.41, 5.74) is 2.39. The van der Waals surface area contributed by atoms with Crippen LogP contribution in [0.5, 0.6) is 0 Å². The van der Waals surface area contributed by atoms with Crippen molar-refractivity contribution in [3.05, 3.63) is 41.3 Å². The van der Waals surface area contributed by atoms with Crippen molar-refractivity contribution >= 4 is 15.9 Å². The summed E-state index contributed by atoms with van der Waals surface area (Å²) in [4.78, 5) is 4.25. The highest BCUT2D eigenvalue weighted by atomic mass is 79.9. The predicted molar refractivity (Wildman–Crippen MR) is 67.3 cm³/mol. The summed E-state index contributed by atoms with van der Waals surface area (Å²) in [6, 6.07) is 8.88. The molecular formula is C12H12BrN3. The highest BCUT2D eigenvalue weighted by molar-refractivity contribution is 9.10. The van der Waals surface area contributed by atoms with E-state index in [1.165, 1.54) is 11.3 Å². The van der Waals surface area contributed by atoms with Crippen molar-refractivity contribution in [3.8, 4) is 11.3 Å². The van der Waals surface area contributed by atoms with Crippen molar-refractivity contribution in [2.45, 2.75) is 6.04 Å². The standard InChI is InChI=1S/C12H12BrN3/c13-10-3-1-2-9(4-10)12-7-15-8-16(12)11-5-14-6-11/h1-4,7-8,11,14H,5-6H2. The van der Waals surface area contributed by atoms with Crippen molar-refractivity contribution in [3.63, 3.8) is 0 Å². The van der Waals surface area contributed by atoms with Gasteiger partial charge in [-0.25, -0.2) is 4.98 Å². The van der Waals surface area contributed by atoms with E-state index in [9.17, 15) is 0 Å². The van der Waals surface area contributed by atoms with E-state index in [1.54, 1.807) is 0 Å². The van der Waals surface area contributed by atoms with E-state index in [1.807, 2.05) is 18.6 Å². The van der Waals surface area contributed by atoms with Crippen LogP contribution in [0.1, 0.15) is 6.04 Å². The number of halogens is 1. The van der Waals surface area contributed by atoms with Gasteiger partial charge in [0.25, 0.3) is 0 Å². The van der Waals surface area contributed by atoms with Gasteiger partial charge in [0.05, 0.1) is 24.3 Å². The largest absolute Gasteiger partial charge is 0.325 e. The maximum Gasteiger partial charge on any atom is 0.0954 e. The third-order valence-electron chi connectivity index (χ3n) is 2.94. The van der Waals surface area contributed by atoms with Gasteiger partial charge >= 0.3 is 0 Å². The summed E-state index contributed by atoms with van der Waals surface area (Å²) in [5, 5.41) is 3.28. The fraction of sp³-hybridized carbons (Fsp3) is 0.250. The van der Waals surface area contributed by atoms with Crippen molar-refractivity contribution in [2.75, 3.05) is 13.1 Å². The molecule has 1 fully saturated rings. The Hall–Kier alpha value is -1.13. The van der Waals surface area contributed by atoms with Crippen LogP contribution in [0.25, 0.3) is 11.3 Å². The Labute approximate surface area is 103 Å². The fourth-order valence-electron chi connectivity index (χ4n) is 1.94. The Bertz CT molecular complexity index is 502. The number of benzene rings is 1. The van der Waals surface area contributed by atoms with E-state index in [4.69, 9.17) is 0 Å². The van der Waals surface area contributed by atoms with Gasteiger partial charge in [0.2, 0.25) is 0 Å². The first-order chi connectivity index (χ1) is 7.84. The minimum atomic E-state index is 0.552. The molecule has 3 rings (SSSR count). The molecule has 0 saturated carbocycles. The quantitative estimate of drug-likeness (QED) is 0.914. The summed E-state index contributed by atoms with van der Waals surface area (Å²) in [6.45, 7) is 2.08. The summed E-state index contributed by atoms with van der Waals surface area (Å²) in [5.74, 6) is 0. The molecule has 2 aromatic rings. The van der Waals surface area contributed by atoms with E-state index < -0.39 is 0 Å². The molecular weight excluding hydrogens is 266 g/mol. The fourth-order valence-corrected chi connectivity index (χ4v) is 2.34. The third-order valence-corrected chi connectivity index (χ3v) is 3.43. The van der Waals surface area contributed by atoms with Crippen molar-refractivity contribution < 1.29 is 0 Å². The first kappa shape index (κ1) is 10.1. The molecule has 2 heterocycles. The van der Waals surface area contributed by atoms with Gasteiger partial charge in [-0.3, -0.25) is 0 Å². The molecule has 1 aromatic heterocycles. The van der Waals surface area contributed by atoms with Crippen molar-refractivity contribution in [1.29, 1.82) is 0 Å². The van der Waals surface area contributed by atoms with Crippen LogP contribution in [0.3, 0.4) is 0 Å². The first-order valence-corrected chi connectivity index (χ1v) is 6.12. The van der Waals surface area contributed by atoms with E-state index in [0.717, 1.165) is 17.6 Å². The number of imidazole rings is 1. The Balaban J connectivity index is 2.02. The highest BCUT2D eigenvalue weighted by Crippen LogP contribution is 2.26. The van der Waals surface area contributed by atoms with Gasteiger partial charge in [-0.05, 0) is 12.1 Å². The molecule has 1 aromatic carbocycles. The maximum absolute atomic E-state index is 4.25. The first-order valence-electron chi connectivity index (χ1n) is 5.33. The molecule has 1 saturated heterocycles. The number of aromatic nitrogens is 2. The van der Waals surface area contributed by atoms with Crippen molar-refractivity contribution in [2.24, 2.45) is 0 Å². The Morgan fingerprint density at radius 2 is 2.25 bits per heavy atom. The van der Waals surface area contributed by atoms with Gasteiger partial charge in [0, 0.05) is 23.1 Å². The Kier molecular flexibility index (Phi) is 2.53. The Morgan fingerprint density at radius 1 is 1.38 bits per heavy atom. The van der Waals surface area contributed by atoms with Gasteiger partial charge in [0.15, 0.2) is 0 Å². The number of hydrogen-bond acceptors (Lipinski definition) is 2. The van der Waals surface area contributed by atoms with Crippen LogP contribution in [0, 0.1) is 0 Å². The van der Waals surface area contributed by atoms with Crippen LogP contribution in [0.15, 0.2) is 41.3 Å². The zero-order valence-corrected chi connectivity index (χ0v) is 10.3. The molecule has 1 aliphatic rings. The molecule has 0 atom stereocenters. The number of rotatable bonds is 2. The van der Waals surface area contributed by atoms with Crippen LogP contribution in [0.4, 0.5) is 0 Å². The average Bonchev–Trinajstić information content (AvgIpc) is 2.64. The lowest BCUT2D eigenvalue weighted by molar-refractivity contribution is 0.346. The summed E-state index contributed by atoms with van der Waals surface area (Å²) in [7, 11) is 0. The summed E-state index contributed by atoms with van der Waals surface area (Å²) >= 11 is 3.50. The SMILES string of the molecule is Brc1cccc(-c2cncn2C2CNC2)c1. The van der Waals surface area contributed by atoms with Crippen LogP contribution in [0.2, 0.25) is 0 Å². The Morgan fingerprint density at radius 3 is 2.94 bits per heavy atom. The lowest BCUT2D eigenvalue weighted by Gasteiger charge is -2.29. The number of hydrogen-bond donors (Lipinski definition) is 1. The van der Waals surface area contributed by atoms with Gasteiger partial charge in [-0.2, -0.15) is 0 Å². The second kappa shape index (κ2) is 4.03. The van der Waals surface area contributed by atoms with Gasteiger partial charge in [-0.15, -0.1) is 0 Å². The van der Waals surface area contributed by atoms with Gasteiger partial charge in [0.1, 0.15) is 0 Å². The average molecular weight is 278 g/mol. The molecule has 1 aliphatic heterocycles. The van der Waals surface area contributed by atoms with E-state index in [2.05, 4.69) is 49.0 Å². The maximum atomic E-state index is 4.25. The van der Waals surface area contributed by atoms with Crippen LogP contribution in [-0.4, -0.2) is 22.6 Å². The molecule has 3 nitrogen and oxygen atoms in total. The molecule has 0 radical (unpaired) electrons. The lowest BCUT2D eigenvalue weighted by atomic mass is 10.1. The minimum Gasteiger partial charge on any atom is -0.325 e. The van der Waals surface area contributed by atoms with E-state index in [-0.39, 0.29) is 0 Å². The molecule has 0 aliphatic carbocycles. The van der Waals surface area contributed by atoms with Crippen LogP contribution >= 0.6 is 15.9 Å². The van der Waals surface area contributed by atoms with Crippen LogP contribution < -0.4 is 5.32 Å². The van der Waals surface area contributed by atoms with E-state index >= 15 is 0 Å². The molecule has 16 heavy (non-hydrogen) atoms. The smallest absolute Gasteiger partial charge is 0.0954 e. The van der Waals surface area contributed by atoms with E-state index in [0.29, 0.717) is 6.04 Å². The topological polar surface area (TPSA) is 29.9 Å². The highest BCUT2D eigenvalue weighted by Gasteiger charge is 2.21. The second-order valence-electron chi connectivity index (χ2n) is 4.01. The molecule has 0 amide bonds. The van der Waals surface area contributed by atoms with Crippen molar-refractivity contribution in [1.82, 2.24) is 14.9 Å². The second-order valence-corrected chi connectivity index (χ2v) is 4.92. The number of nitrogens with one attached hydrogen (secondary N) is 1. The summed E-state index contributed by atoms with van der Waals surface area (Å²) in [6.07, 6.45) is 3.85. The molecule has 0 unspecified atom stereocenters. The monoisotopic (exact) mass is 277 g/mol. The van der Waals surface area contributed by atoms with Gasteiger partial charge < -0.3 is 9.88 Å². The molecule has 4 heteroatoms. The molecule has 0 spiro atoms.